The summed E-state index contributed by atoms with van der Waals surface area (Å²) in [4.78, 5) is 9.96. The van der Waals surface area contributed by atoms with E-state index in [1.165, 1.54) is 0 Å². The zero-order chi connectivity index (χ0) is 12.3. The van der Waals surface area contributed by atoms with Gasteiger partial charge in [0, 0.05) is 24.5 Å². The van der Waals surface area contributed by atoms with Crippen LogP contribution in [0.4, 0.5) is 0 Å². The number of nitrogens with zero attached hydrogens (tertiary/aromatic N) is 4. The van der Waals surface area contributed by atoms with Crippen LogP contribution in [0.25, 0.3) is 0 Å². The molecular formula is C11H11ClN4S. The number of halogens is 1. The van der Waals surface area contributed by atoms with Crippen molar-refractivity contribution in [3.8, 4) is 6.19 Å². The number of nitriles is 1. The van der Waals surface area contributed by atoms with E-state index >= 15 is 0 Å². The molecule has 0 radical (unpaired) electrons. The average molecular weight is 267 g/mol. The van der Waals surface area contributed by atoms with Crippen LogP contribution in [-0.2, 0) is 6.54 Å². The standard InChI is InChI=1S/C11H11ClN4S/c1-8-5-16(11(17-8)15-7-13)6-9-2-3-10(12)14-4-9/h2-4,8H,5-6H2,1H3. The fraction of sp³-hybridized carbons (Fsp3) is 0.364. The van der Waals surface area contributed by atoms with Crippen molar-refractivity contribution in [1.82, 2.24) is 9.88 Å². The maximum Gasteiger partial charge on any atom is 0.208 e. The summed E-state index contributed by atoms with van der Waals surface area (Å²) in [7, 11) is 0. The first kappa shape index (κ1) is 12.2. The van der Waals surface area contributed by atoms with Crippen LogP contribution in [0.3, 0.4) is 0 Å². The van der Waals surface area contributed by atoms with E-state index in [2.05, 4.69) is 21.8 Å². The molecular weight excluding hydrogens is 256 g/mol. The molecule has 1 aliphatic rings. The predicted octanol–water partition coefficient (Wildman–Crippen LogP) is 2.51. The highest BCUT2D eigenvalue weighted by molar-refractivity contribution is 8.14. The molecule has 1 aromatic heterocycles. The van der Waals surface area contributed by atoms with Crippen LogP contribution in [0.15, 0.2) is 23.3 Å². The van der Waals surface area contributed by atoms with Gasteiger partial charge < -0.3 is 4.90 Å². The summed E-state index contributed by atoms with van der Waals surface area (Å²) in [5.41, 5.74) is 1.06. The number of amidine groups is 1. The number of pyridine rings is 1. The Morgan fingerprint density at radius 1 is 1.71 bits per heavy atom. The van der Waals surface area contributed by atoms with Gasteiger partial charge in [0.1, 0.15) is 5.15 Å². The number of aliphatic imine (C=N–C) groups is 1. The van der Waals surface area contributed by atoms with Gasteiger partial charge in [-0.3, -0.25) is 0 Å². The van der Waals surface area contributed by atoms with Gasteiger partial charge in [-0.05, 0) is 11.6 Å². The fourth-order valence-electron chi connectivity index (χ4n) is 1.67. The van der Waals surface area contributed by atoms with Crippen LogP contribution in [0.1, 0.15) is 12.5 Å². The van der Waals surface area contributed by atoms with E-state index in [4.69, 9.17) is 16.9 Å². The summed E-state index contributed by atoms with van der Waals surface area (Å²) >= 11 is 7.36. The van der Waals surface area contributed by atoms with Gasteiger partial charge in [-0.2, -0.15) is 5.26 Å². The molecule has 1 fully saturated rings. The quantitative estimate of drug-likeness (QED) is 0.610. The lowest BCUT2D eigenvalue weighted by molar-refractivity contribution is 0.436. The third-order valence-corrected chi connectivity index (χ3v) is 3.70. The molecule has 0 saturated carbocycles. The van der Waals surface area contributed by atoms with Gasteiger partial charge in [-0.15, -0.1) is 4.99 Å². The second kappa shape index (κ2) is 5.39. The SMILES string of the molecule is CC1CN(Cc2ccc(Cl)nc2)C(=NC#N)S1. The van der Waals surface area contributed by atoms with Crippen LogP contribution in [0.2, 0.25) is 5.15 Å². The van der Waals surface area contributed by atoms with E-state index in [-0.39, 0.29) is 0 Å². The van der Waals surface area contributed by atoms with Gasteiger partial charge in [-0.1, -0.05) is 36.4 Å². The highest BCUT2D eigenvalue weighted by Crippen LogP contribution is 2.26. The molecule has 2 rings (SSSR count). The number of aromatic nitrogens is 1. The monoisotopic (exact) mass is 266 g/mol. The summed E-state index contributed by atoms with van der Waals surface area (Å²) < 4.78 is 0. The van der Waals surface area contributed by atoms with Crippen molar-refractivity contribution >= 4 is 28.5 Å². The molecule has 0 N–H and O–H groups in total. The van der Waals surface area contributed by atoms with E-state index in [1.807, 2.05) is 12.3 Å². The summed E-state index contributed by atoms with van der Waals surface area (Å²) in [6, 6.07) is 3.71. The highest BCUT2D eigenvalue weighted by atomic mass is 35.5. The number of rotatable bonds is 2. The maximum absolute atomic E-state index is 8.63. The Labute approximate surface area is 109 Å². The molecule has 6 heteroatoms. The third kappa shape index (κ3) is 3.11. The normalized spacial score (nSPS) is 21.8. The molecule has 0 spiro atoms. The second-order valence-electron chi connectivity index (χ2n) is 3.79. The van der Waals surface area contributed by atoms with Gasteiger partial charge in [0.2, 0.25) is 6.19 Å². The summed E-state index contributed by atoms with van der Waals surface area (Å²) in [5, 5.41) is 10.4. The Morgan fingerprint density at radius 2 is 2.53 bits per heavy atom. The highest BCUT2D eigenvalue weighted by Gasteiger charge is 2.25. The average Bonchev–Trinajstić information content (AvgIpc) is 2.63. The van der Waals surface area contributed by atoms with Gasteiger partial charge in [0.15, 0.2) is 5.17 Å². The largest absolute Gasteiger partial charge is 0.345 e. The molecule has 0 bridgehead atoms. The summed E-state index contributed by atoms with van der Waals surface area (Å²) in [6.07, 6.45) is 3.59. The second-order valence-corrected chi connectivity index (χ2v) is 5.59. The van der Waals surface area contributed by atoms with Crippen LogP contribution in [0.5, 0.6) is 0 Å². The lowest BCUT2D eigenvalue weighted by Crippen LogP contribution is -2.24. The number of hydrogen-bond acceptors (Lipinski definition) is 4. The van der Waals surface area contributed by atoms with E-state index < -0.39 is 0 Å². The third-order valence-electron chi connectivity index (χ3n) is 2.36. The number of hydrogen-bond donors (Lipinski definition) is 0. The van der Waals surface area contributed by atoms with Crippen molar-refractivity contribution in [3.63, 3.8) is 0 Å². The Hall–Kier alpha value is -1.25. The van der Waals surface area contributed by atoms with Crippen molar-refractivity contribution in [1.29, 1.82) is 5.26 Å². The van der Waals surface area contributed by atoms with Crippen LogP contribution < -0.4 is 0 Å². The molecule has 88 valence electrons. The van der Waals surface area contributed by atoms with E-state index in [0.29, 0.717) is 16.9 Å². The van der Waals surface area contributed by atoms with Crippen molar-refractivity contribution in [2.45, 2.75) is 18.7 Å². The first-order chi connectivity index (χ1) is 8.19. The summed E-state index contributed by atoms with van der Waals surface area (Å²) in [6.45, 7) is 3.73. The Morgan fingerprint density at radius 3 is 3.18 bits per heavy atom. The molecule has 0 aliphatic carbocycles. The minimum absolute atomic E-state index is 0.461. The fourth-order valence-corrected chi connectivity index (χ4v) is 2.78. The zero-order valence-electron chi connectivity index (χ0n) is 9.30. The molecule has 0 amide bonds. The Kier molecular flexibility index (Phi) is 3.87. The van der Waals surface area contributed by atoms with E-state index in [0.717, 1.165) is 17.3 Å². The van der Waals surface area contributed by atoms with Crippen LogP contribution >= 0.6 is 23.4 Å². The minimum atomic E-state index is 0.461. The van der Waals surface area contributed by atoms with Crippen molar-refractivity contribution in [3.05, 3.63) is 29.0 Å². The predicted molar refractivity (Wildman–Crippen MR) is 69.8 cm³/mol. The van der Waals surface area contributed by atoms with Crippen LogP contribution in [-0.4, -0.2) is 26.8 Å². The maximum atomic E-state index is 8.63. The molecule has 1 unspecified atom stereocenters. The molecule has 2 heterocycles. The first-order valence-electron chi connectivity index (χ1n) is 5.18. The molecule has 4 nitrogen and oxygen atoms in total. The van der Waals surface area contributed by atoms with Crippen LogP contribution in [0, 0.1) is 11.5 Å². The topological polar surface area (TPSA) is 52.3 Å². The molecule has 1 aromatic rings. The van der Waals surface area contributed by atoms with Gasteiger partial charge in [-0.25, -0.2) is 4.98 Å². The molecule has 0 aromatic carbocycles. The minimum Gasteiger partial charge on any atom is -0.345 e. The van der Waals surface area contributed by atoms with Crippen molar-refractivity contribution in [2.75, 3.05) is 6.54 Å². The smallest absolute Gasteiger partial charge is 0.208 e. The van der Waals surface area contributed by atoms with Gasteiger partial charge in [0.05, 0.1) is 0 Å². The van der Waals surface area contributed by atoms with E-state index in [1.54, 1.807) is 24.0 Å². The van der Waals surface area contributed by atoms with Gasteiger partial charge >= 0.3 is 0 Å². The van der Waals surface area contributed by atoms with Crippen molar-refractivity contribution in [2.24, 2.45) is 4.99 Å². The number of thioether (sulfide) groups is 1. The molecule has 1 aliphatic heterocycles. The molecule has 1 atom stereocenters. The lowest BCUT2D eigenvalue weighted by Gasteiger charge is -2.16. The van der Waals surface area contributed by atoms with Crippen molar-refractivity contribution < 1.29 is 0 Å². The van der Waals surface area contributed by atoms with Gasteiger partial charge in [0.25, 0.3) is 0 Å². The van der Waals surface area contributed by atoms with E-state index in [9.17, 15) is 0 Å². The molecule has 17 heavy (non-hydrogen) atoms. The summed E-state index contributed by atoms with van der Waals surface area (Å²) in [5.74, 6) is 0. The Bertz CT molecular complexity index is 465. The first-order valence-corrected chi connectivity index (χ1v) is 6.43. The zero-order valence-corrected chi connectivity index (χ0v) is 10.9. The Balaban J connectivity index is 2.10. The molecule has 1 saturated heterocycles. The lowest BCUT2D eigenvalue weighted by atomic mass is 10.2.